The van der Waals surface area contributed by atoms with Crippen LogP contribution in [0.4, 0.5) is 0 Å². The lowest BCUT2D eigenvalue weighted by molar-refractivity contribution is -0.168. The summed E-state index contributed by atoms with van der Waals surface area (Å²) in [5, 5.41) is 9.14. The van der Waals surface area contributed by atoms with Gasteiger partial charge in [0.25, 0.3) is 0 Å². The first kappa shape index (κ1) is 16.5. The number of benzene rings is 1. The smallest absolute Gasteiger partial charge is 0.334 e. The van der Waals surface area contributed by atoms with Crippen molar-refractivity contribution in [2.45, 2.75) is 45.3 Å². The van der Waals surface area contributed by atoms with Crippen LogP contribution in [0.25, 0.3) is 0 Å². The van der Waals surface area contributed by atoms with Gasteiger partial charge < -0.3 is 14.7 Å². The number of hydrogen-bond donors (Lipinski definition) is 1. The van der Waals surface area contributed by atoms with E-state index in [4.69, 9.17) is 9.84 Å². The van der Waals surface area contributed by atoms with Crippen LogP contribution in [0.15, 0.2) is 24.3 Å². The summed E-state index contributed by atoms with van der Waals surface area (Å²) in [7, 11) is 0. The first-order valence-electron chi connectivity index (χ1n) is 7.46. The van der Waals surface area contributed by atoms with Gasteiger partial charge in [0.05, 0.1) is 18.1 Å². The lowest BCUT2D eigenvalue weighted by Crippen LogP contribution is -2.55. The Kier molecular flexibility index (Phi) is 4.56. The monoisotopic (exact) mass is 305 g/mol. The van der Waals surface area contributed by atoms with Crippen molar-refractivity contribution in [2.75, 3.05) is 13.1 Å². The minimum absolute atomic E-state index is 0.0715. The number of carbonyl (C=O) groups is 2. The molecule has 5 nitrogen and oxygen atoms in total. The lowest BCUT2D eigenvalue weighted by atomic mass is 9.82. The molecule has 1 unspecified atom stereocenters. The Bertz CT molecular complexity index is 565. The van der Waals surface area contributed by atoms with E-state index in [2.05, 4.69) is 0 Å². The van der Waals surface area contributed by atoms with Crippen LogP contribution in [0.3, 0.4) is 0 Å². The molecule has 1 aromatic carbocycles. The third-order valence-corrected chi connectivity index (χ3v) is 4.13. The molecule has 0 aromatic heterocycles. The molecule has 1 heterocycles. The van der Waals surface area contributed by atoms with Crippen molar-refractivity contribution in [3.63, 3.8) is 0 Å². The zero-order valence-electron chi connectivity index (χ0n) is 13.5. The summed E-state index contributed by atoms with van der Waals surface area (Å²) >= 11 is 0. The molecule has 22 heavy (non-hydrogen) atoms. The topological polar surface area (TPSA) is 66.8 Å². The third kappa shape index (κ3) is 3.30. The van der Waals surface area contributed by atoms with E-state index >= 15 is 0 Å². The molecule has 0 saturated carbocycles. The average molecular weight is 305 g/mol. The molecule has 1 aromatic rings. The van der Waals surface area contributed by atoms with E-state index < -0.39 is 17.5 Å². The number of hydrogen-bond acceptors (Lipinski definition) is 3. The molecule has 0 radical (unpaired) electrons. The normalized spacial score (nSPS) is 22.5. The fraction of sp³-hybridized carbons (Fsp3) is 0.529. The maximum Gasteiger partial charge on any atom is 0.334 e. The summed E-state index contributed by atoms with van der Waals surface area (Å²) in [6, 6.07) is 7.86. The molecular weight excluding hydrogens is 282 g/mol. The Hall–Kier alpha value is -1.88. The average Bonchev–Trinajstić information content (AvgIpc) is 2.46. The Morgan fingerprint density at radius 2 is 1.82 bits per heavy atom. The number of carboxylic acids is 1. The first-order chi connectivity index (χ1) is 10.2. The largest absolute Gasteiger partial charge is 0.479 e. The van der Waals surface area contributed by atoms with E-state index in [0.717, 1.165) is 11.1 Å². The number of morpholine rings is 1. The second-order valence-corrected chi connectivity index (χ2v) is 6.47. The van der Waals surface area contributed by atoms with E-state index in [1.54, 1.807) is 11.8 Å². The van der Waals surface area contributed by atoms with Crippen LogP contribution in [-0.4, -0.2) is 47.2 Å². The van der Waals surface area contributed by atoms with Gasteiger partial charge in [-0.3, -0.25) is 4.79 Å². The van der Waals surface area contributed by atoms with Gasteiger partial charge >= 0.3 is 5.97 Å². The Morgan fingerprint density at radius 1 is 1.23 bits per heavy atom. The molecule has 1 aliphatic heterocycles. The molecule has 0 aliphatic carbocycles. The summed E-state index contributed by atoms with van der Waals surface area (Å²) in [5.74, 6) is -1.10. The molecule has 120 valence electrons. The number of carboxylic acid groups (broad SMARTS) is 1. The fourth-order valence-electron chi connectivity index (χ4n) is 2.74. The van der Waals surface area contributed by atoms with Crippen molar-refractivity contribution in [1.29, 1.82) is 0 Å². The van der Waals surface area contributed by atoms with Crippen molar-refractivity contribution in [3.8, 4) is 0 Å². The van der Waals surface area contributed by atoms with Gasteiger partial charge in [-0.25, -0.2) is 4.79 Å². The lowest BCUT2D eigenvalue weighted by Gasteiger charge is -2.39. The third-order valence-electron chi connectivity index (χ3n) is 4.13. The molecule has 1 aliphatic rings. The molecule has 0 spiro atoms. The molecule has 0 bridgehead atoms. The molecule has 1 fully saturated rings. The molecular formula is C17H23NO4. The highest BCUT2D eigenvalue weighted by molar-refractivity contribution is 5.88. The van der Waals surface area contributed by atoms with E-state index in [1.165, 1.54) is 0 Å². The number of nitrogens with zero attached hydrogens (tertiary/aromatic N) is 1. The minimum atomic E-state index is -1.03. The fourth-order valence-corrected chi connectivity index (χ4v) is 2.74. The Labute approximate surface area is 130 Å². The molecule has 1 amide bonds. The number of aryl methyl sites for hydroxylation is 1. The van der Waals surface area contributed by atoms with Crippen molar-refractivity contribution >= 4 is 11.9 Å². The van der Waals surface area contributed by atoms with Gasteiger partial charge in [-0.1, -0.05) is 29.8 Å². The minimum Gasteiger partial charge on any atom is -0.479 e. The van der Waals surface area contributed by atoms with Crippen molar-refractivity contribution in [1.82, 2.24) is 4.90 Å². The number of amides is 1. The second-order valence-electron chi connectivity index (χ2n) is 6.47. The van der Waals surface area contributed by atoms with E-state index in [-0.39, 0.29) is 18.6 Å². The van der Waals surface area contributed by atoms with Crippen LogP contribution in [-0.2, 0) is 19.7 Å². The van der Waals surface area contributed by atoms with Crippen molar-refractivity contribution in [3.05, 3.63) is 35.4 Å². The van der Waals surface area contributed by atoms with Gasteiger partial charge in [-0.05, 0) is 33.3 Å². The van der Waals surface area contributed by atoms with Crippen LogP contribution >= 0.6 is 0 Å². The first-order valence-corrected chi connectivity index (χ1v) is 7.46. The summed E-state index contributed by atoms with van der Waals surface area (Å²) in [6.45, 7) is 8.03. The number of rotatable bonds is 3. The highest BCUT2D eigenvalue weighted by Crippen LogP contribution is 2.27. The molecule has 2 rings (SSSR count). The molecule has 1 saturated heterocycles. The number of carbonyl (C=O) groups excluding carboxylic acids is 1. The SMILES string of the molecule is Cc1ccc(C(C)(C)C(=O)N2CC(C(=O)O)O[C@H](C)C2)cc1. The van der Waals surface area contributed by atoms with Crippen molar-refractivity contribution in [2.24, 2.45) is 0 Å². The van der Waals surface area contributed by atoms with Gasteiger partial charge in [0, 0.05) is 6.54 Å². The highest BCUT2D eigenvalue weighted by atomic mass is 16.5. The van der Waals surface area contributed by atoms with Crippen LogP contribution < -0.4 is 0 Å². The van der Waals surface area contributed by atoms with Crippen LogP contribution in [0.5, 0.6) is 0 Å². The van der Waals surface area contributed by atoms with Gasteiger partial charge in [0.2, 0.25) is 5.91 Å². The van der Waals surface area contributed by atoms with Gasteiger partial charge in [-0.2, -0.15) is 0 Å². The summed E-state index contributed by atoms with van der Waals surface area (Å²) < 4.78 is 5.37. The second kappa shape index (κ2) is 6.08. The van der Waals surface area contributed by atoms with Crippen molar-refractivity contribution < 1.29 is 19.4 Å². The van der Waals surface area contributed by atoms with E-state index in [9.17, 15) is 9.59 Å². The summed E-state index contributed by atoms with van der Waals surface area (Å²) in [5.41, 5.74) is 1.36. The predicted octanol–water partition coefficient (Wildman–Crippen LogP) is 1.97. The van der Waals surface area contributed by atoms with Gasteiger partial charge in [-0.15, -0.1) is 0 Å². The van der Waals surface area contributed by atoms with Crippen LogP contribution in [0.1, 0.15) is 31.9 Å². The van der Waals surface area contributed by atoms with E-state index in [1.807, 2.05) is 45.0 Å². The summed E-state index contributed by atoms with van der Waals surface area (Å²) in [4.78, 5) is 25.7. The molecule has 2 atom stereocenters. The maximum absolute atomic E-state index is 12.9. The maximum atomic E-state index is 12.9. The predicted molar refractivity (Wildman–Crippen MR) is 82.8 cm³/mol. The quantitative estimate of drug-likeness (QED) is 0.927. The van der Waals surface area contributed by atoms with Crippen LogP contribution in [0, 0.1) is 6.92 Å². The highest BCUT2D eigenvalue weighted by Gasteiger charge is 2.39. The zero-order valence-corrected chi connectivity index (χ0v) is 13.5. The molecule has 1 N–H and O–H groups in total. The van der Waals surface area contributed by atoms with Crippen LogP contribution in [0.2, 0.25) is 0 Å². The zero-order chi connectivity index (χ0) is 16.5. The standard InChI is InChI=1S/C17H23NO4/c1-11-5-7-13(8-6-11)17(3,4)16(21)18-9-12(2)22-14(10-18)15(19)20/h5-8,12,14H,9-10H2,1-4H3,(H,19,20)/t12-,14?/m1/s1. The number of ether oxygens (including phenoxy) is 1. The Morgan fingerprint density at radius 3 is 2.36 bits per heavy atom. The van der Waals surface area contributed by atoms with E-state index in [0.29, 0.717) is 6.54 Å². The molecule has 5 heteroatoms. The Balaban J connectivity index is 2.21. The number of aliphatic carboxylic acids is 1. The van der Waals surface area contributed by atoms with Gasteiger partial charge in [0.15, 0.2) is 6.10 Å². The summed E-state index contributed by atoms with van der Waals surface area (Å²) in [6.07, 6.45) is -1.24. The van der Waals surface area contributed by atoms with Gasteiger partial charge in [0.1, 0.15) is 0 Å².